The van der Waals surface area contributed by atoms with E-state index in [1.807, 2.05) is 24.3 Å². The van der Waals surface area contributed by atoms with Gasteiger partial charge in [0, 0.05) is 0 Å². The normalized spacial score (nSPS) is 24.9. The van der Waals surface area contributed by atoms with Gasteiger partial charge in [0.1, 0.15) is 0 Å². The molecule has 2 N–H and O–H groups in total. The molecule has 2 fully saturated rings. The van der Waals surface area contributed by atoms with Gasteiger partial charge in [0.25, 0.3) is 0 Å². The quantitative estimate of drug-likeness (QED) is 0.220. The molecule has 5 rings (SSSR count). The van der Waals surface area contributed by atoms with Crippen molar-refractivity contribution in [3.8, 4) is 5.75 Å². The van der Waals surface area contributed by atoms with Crippen molar-refractivity contribution in [3.63, 3.8) is 0 Å². The summed E-state index contributed by atoms with van der Waals surface area (Å²) in [6.07, 6.45) is 7.21. The molecule has 3 aliphatic rings. The summed E-state index contributed by atoms with van der Waals surface area (Å²) in [6.45, 7) is 4.20. The third kappa shape index (κ3) is 5.52. The number of carbonyl (C=O) groups excluding carboxylic acids is 2. The first-order valence-corrected chi connectivity index (χ1v) is 14.5. The molecule has 2 aromatic carbocycles. The smallest absolute Gasteiger partial charge is 0.455 e. The maximum Gasteiger partial charge on any atom is 0.455 e. The maximum atomic E-state index is 14.0. The zero-order chi connectivity index (χ0) is 28.4. The summed E-state index contributed by atoms with van der Waals surface area (Å²) in [4.78, 5) is 28.7. The summed E-state index contributed by atoms with van der Waals surface area (Å²) in [5.41, 5.74) is 4.68. The summed E-state index contributed by atoms with van der Waals surface area (Å²) < 4.78 is 20.1. The molecule has 2 aliphatic heterocycles. The first kappa shape index (κ1) is 28.3. The molecule has 2 amide bonds. The van der Waals surface area contributed by atoms with Crippen molar-refractivity contribution in [3.05, 3.63) is 76.6 Å². The number of fused-ring (bicyclic) bond motifs is 3. The minimum atomic E-state index is -1.01. The van der Waals surface area contributed by atoms with Gasteiger partial charge in [-0.05, 0) is 79.7 Å². The van der Waals surface area contributed by atoms with Crippen molar-refractivity contribution in [2.24, 2.45) is 17.8 Å². The zero-order valence-electron chi connectivity index (χ0n) is 23.2. The van der Waals surface area contributed by atoms with Gasteiger partial charge < -0.3 is 14.8 Å². The number of halogens is 1. The van der Waals surface area contributed by atoms with E-state index in [2.05, 4.69) is 13.8 Å². The van der Waals surface area contributed by atoms with Gasteiger partial charge in [-0.25, -0.2) is 4.39 Å². The fourth-order valence-corrected chi connectivity index (χ4v) is 6.89. The van der Waals surface area contributed by atoms with Gasteiger partial charge in [-0.1, -0.05) is 68.2 Å². The van der Waals surface area contributed by atoms with E-state index in [1.165, 1.54) is 22.6 Å². The number of aromatic hydroxyl groups is 1. The predicted octanol–water partition coefficient (Wildman–Crippen LogP) is 6.30. The molecule has 0 aromatic heterocycles. The number of imide groups is 1. The van der Waals surface area contributed by atoms with Gasteiger partial charge in [-0.2, -0.15) is 0 Å². The number of carbonyl (C=O) groups is 2. The zero-order valence-corrected chi connectivity index (χ0v) is 23.2. The monoisotopic (exact) mass is 545 g/mol. The van der Waals surface area contributed by atoms with E-state index in [4.69, 9.17) is 4.65 Å². The van der Waals surface area contributed by atoms with Crippen LogP contribution in [0.25, 0.3) is 6.08 Å². The van der Waals surface area contributed by atoms with Crippen molar-refractivity contribution in [1.82, 2.24) is 0 Å². The highest BCUT2D eigenvalue weighted by Crippen LogP contribution is 2.52. The van der Waals surface area contributed by atoms with Crippen molar-refractivity contribution >= 4 is 30.7 Å². The predicted molar refractivity (Wildman–Crippen MR) is 154 cm³/mol. The van der Waals surface area contributed by atoms with Crippen LogP contribution < -0.4 is 4.90 Å². The number of rotatable bonds is 9. The Morgan fingerprint density at radius 1 is 1.07 bits per heavy atom. The SMILES string of the molecule is CCCC1=C2[C@@H](CC/C(=C/c3ccc(O)c(F)c3)CCC)OB(O)C[C@@H]2[C@@H]2C(=O)N(c3ccccc3)C(=O)[C@@H]2C1. The first-order chi connectivity index (χ1) is 19.3. The number of hydrogen-bond acceptors (Lipinski definition) is 5. The second kappa shape index (κ2) is 12.1. The summed E-state index contributed by atoms with van der Waals surface area (Å²) in [7, 11) is -1.01. The van der Waals surface area contributed by atoms with Crippen LogP contribution in [-0.4, -0.2) is 35.2 Å². The third-order valence-electron chi connectivity index (χ3n) is 8.52. The Kier molecular flexibility index (Phi) is 8.57. The van der Waals surface area contributed by atoms with Crippen LogP contribution in [0.5, 0.6) is 5.75 Å². The second-order valence-electron chi connectivity index (χ2n) is 11.2. The molecule has 2 aromatic rings. The molecule has 0 saturated carbocycles. The highest BCUT2D eigenvalue weighted by Gasteiger charge is 2.57. The molecular weight excluding hydrogens is 508 g/mol. The Morgan fingerprint density at radius 2 is 1.85 bits per heavy atom. The Balaban J connectivity index is 1.44. The highest BCUT2D eigenvalue weighted by molar-refractivity contribution is 6.43. The van der Waals surface area contributed by atoms with E-state index in [9.17, 15) is 24.1 Å². The van der Waals surface area contributed by atoms with Gasteiger partial charge in [0.05, 0.1) is 23.6 Å². The molecule has 2 saturated heterocycles. The van der Waals surface area contributed by atoms with Crippen LogP contribution in [0, 0.1) is 23.6 Å². The molecule has 6 nitrogen and oxygen atoms in total. The van der Waals surface area contributed by atoms with Crippen LogP contribution in [0.15, 0.2) is 65.3 Å². The molecule has 8 heteroatoms. The number of allylic oxidation sites excluding steroid dienone is 2. The number of para-hydroxylation sites is 1. The average molecular weight is 545 g/mol. The molecule has 210 valence electrons. The largest absolute Gasteiger partial charge is 0.505 e. The molecule has 0 radical (unpaired) electrons. The van der Waals surface area contributed by atoms with Crippen LogP contribution in [0.1, 0.15) is 64.4 Å². The maximum absolute atomic E-state index is 14.0. The van der Waals surface area contributed by atoms with Crippen molar-refractivity contribution in [2.45, 2.75) is 71.2 Å². The van der Waals surface area contributed by atoms with Gasteiger partial charge in [-0.3, -0.25) is 14.5 Å². The van der Waals surface area contributed by atoms with E-state index in [1.54, 1.807) is 18.2 Å². The van der Waals surface area contributed by atoms with E-state index in [0.29, 0.717) is 36.8 Å². The fourth-order valence-electron chi connectivity index (χ4n) is 6.89. The third-order valence-corrected chi connectivity index (χ3v) is 8.52. The number of benzene rings is 2. The molecule has 1 aliphatic carbocycles. The van der Waals surface area contributed by atoms with E-state index in [-0.39, 0.29) is 29.6 Å². The molecule has 40 heavy (non-hydrogen) atoms. The second-order valence-corrected chi connectivity index (χ2v) is 11.2. The number of phenolic OH excluding ortho intramolecular Hbond substituents is 1. The minimum absolute atomic E-state index is 0.152. The lowest BCUT2D eigenvalue weighted by molar-refractivity contribution is -0.122. The Hall–Kier alpha value is -3.23. The van der Waals surface area contributed by atoms with Crippen LogP contribution in [0.4, 0.5) is 10.1 Å². The van der Waals surface area contributed by atoms with Crippen LogP contribution in [-0.2, 0) is 14.2 Å². The number of anilines is 1. The lowest BCUT2D eigenvalue weighted by Gasteiger charge is -2.43. The van der Waals surface area contributed by atoms with E-state index < -0.39 is 24.8 Å². The standard InChI is InChI=1S/C32H37BFNO5/c1-3-8-20(16-21-12-14-27(36)26(34)17-21)13-15-28-29-22(9-4-2)18-24-30(25(29)19-33(39)40-28)32(38)35(31(24)37)23-10-6-5-7-11-23/h5-7,10-12,14,16-17,24-25,28,30,36,39H,3-4,8-9,13,15,18-19H2,1-2H3/b20-16+/t24-,25+,28-,30-/m1/s1. The minimum Gasteiger partial charge on any atom is -0.505 e. The van der Waals surface area contributed by atoms with Crippen molar-refractivity contribution < 1.29 is 28.8 Å². The van der Waals surface area contributed by atoms with Crippen molar-refractivity contribution in [1.29, 1.82) is 0 Å². The number of phenols is 1. The Labute approximate surface area is 235 Å². The lowest BCUT2D eigenvalue weighted by Crippen LogP contribution is -2.46. The summed E-state index contributed by atoms with van der Waals surface area (Å²) in [6, 6.07) is 13.5. The van der Waals surface area contributed by atoms with Gasteiger partial charge >= 0.3 is 7.12 Å². The topological polar surface area (TPSA) is 87.1 Å². The van der Waals surface area contributed by atoms with Crippen LogP contribution in [0.2, 0.25) is 6.32 Å². The van der Waals surface area contributed by atoms with E-state index in [0.717, 1.165) is 36.8 Å². The van der Waals surface area contributed by atoms with E-state index >= 15 is 0 Å². The number of amides is 2. The molecule has 2 heterocycles. The van der Waals surface area contributed by atoms with Crippen LogP contribution >= 0.6 is 0 Å². The Bertz CT molecular complexity index is 1330. The fraction of sp³-hybridized carbons (Fsp3) is 0.438. The number of hydrogen-bond donors (Lipinski definition) is 2. The molecule has 0 spiro atoms. The first-order valence-electron chi connectivity index (χ1n) is 14.5. The summed E-state index contributed by atoms with van der Waals surface area (Å²) in [5.74, 6) is -2.54. The van der Waals surface area contributed by atoms with Gasteiger partial charge in [-0.15, -0.1) is 0 Å². The average Bonchev–Trinajstić information content (AvgIpc) is 3.19. The molecule has 0 bridgehead atoms. The molecular formula is C32H37BFNO5. The number of nitrogens with zero attached hydrogens (tertiary/aromatic N) is 1. The summed E-state index contributed by atoms with van der Waals surface area (Å²) in [5, 5.41) is 20.4. The Morgan fingerprint density at radius 3 is 2.55 bits per heavy atom. The van der Waals surface area contributed by atoms with Gasteiger partial charge in [0.2, 0.25) is 11.8 Å². The van der Waals surface area contributed by atoms with Gasteiger partial charge in [0.15, 0.2) is 11.6 Å². The highest BCUT2D eigenvalue weighted by atomic mass is 19.1. The molecule has 4 atom stereocenters. The lowest BCUT2D eigenvalue weighted by atomic mass is 9.58. The summed E-state index contributed by atoms with van der Waals surface area (Å²) >= 11 is 0. The van der Waals surface area contributed by atoms with Crippen molar-refractivity contribution in [2.75, 3.05) is 4.90 Å². The molecule has 0 unspecified atom stereocenters. The van der Waals surface area contributed by atoms with Crippen LogP contribution in [0.3, 0.4) is 0 Å².